The van der Waals surface area contributed by atoms with E-state index in [0.717, 1.165) is 6.42 Å². The molecule has 1 amide bonds. The van der Waals surface area contributed by atoms with Gasteiger partial charge in [0.05, 0.1) is 11.7 Å². The largest absolute Gasteiger partial charge is 0.371 e. The van der Waals surface area contributed by atoms with Gasteiger partial charge in [0.15, 0.2) is 0 Å². The first-order valence-electron chi connectivity index (χ1n) is 6.63. The molecular weight excluding hydrogens is 228 g/mol. The third-order valence-electron chi connectivity index (χ3n) is 2.52. The number of ether oxygens (including phenoxy) is 1. The molecular formula is C14H30N2O2. The smallest absolute Gasteiger partial charge is 0.239 e. The third kappa shape index (κ3) is 8.48. The van der Waals surface area contributed by atoms with Crippen LogP contribution in [0.25, 0.3) is 0 Å². The van der Waals surface area contributed by atoms with Crippen molar-refractivity contribution in [2.75, 3.05) is 6.54 Å². The van der Waals surface area contributed by atoms with Crippen molar-refractivity contribution in [1.82, 2.24) is 5.32 Å². The molecule has 0 saturated heterocycles. The first kappa shape index (κ1) is 17.4. The number of rotatable bonds is 5. The van der Waals surface area contributed by atoms with Crippen LogP contribution in [0.1, 0.15) is 54.9 Å². The topological polar surface area (TPSA) is 64.3 Å². The molecule has 18 heavy (non-hydrogen) atoms. The quantitative estimate of drug-likeness (QED) is 0.793. The van der Waals surface area contributed by atoms with Gasteiger partial charge in [-0.05, 0) is 39.5 Å². The maximum absolute atomic E-state index is 11.8. The van der Waals surface area contributed by atoms with Gasteiger partial charge in [-0.2, -0.15) is 0 Å². The molecule has 0 aromatic rings. The summed E-state index contributed by atoms with van der Waals surface area (Å²) in [6, 6.07) is -0.621. The fourth-order valence-electron chi connectivity index (χ4n) is 1.52. The van der Waals surface area contributed by atoms with Gasteiger partial charge in [0.2, 0.25) is 5.91 Å². The lowest BCUT2D eigenvalue weighted by Gasteiger charge is -2.28. The predicted octanol–water partition coefficient (Wildman–Crippen LogP) is 2.07. The second kappa shape index (κ2) is 6.53. The Morgan fingerprint density at radius 1 is 1.22 bits per heavy atom. The van der Waals surface area contributed by atoms with Gasteiger partial charge >= 0.3 is 0 Å². The van der Waals surface area contributed by atoms with Crippen LogP contribution in [-0.2, 0) is 9.53 Å². The standard InChI is InChI=1S/C14H30N2O2/c1-10(18-14(5,6)7)11(15)12(17)16-9-8-13(2,3)4/h10-11H,8-9,15H2,1-7H3,(H,16,17)/t10-,11+/m1/s1. The molecule has 3 N–H and O–H groups in total. The van der Waals surface area contributed by atoms with Crippen molar-refractivity contribution >= 4 is 5.91 Å². The normalized spacial score (nSPS) is 16.2. The highest BCUT2D eigenvalue weighted by atomic mass is 16.5. The Labute approximate surface area is 112 Å². The van der Waals surface area contributed by atoms with E-state index >= 15 is 0 Å². The van der Waals surface area contributed by atoms with Crippen LogP contribution in [0.4, 0.5) is 0 Å². The number of amides is 1. The number of carbonyl (C=O) groups excluding carboxylic acids is 1. The summed E-state index contributed by atoms with van der Waals surface area (Å²) in [4.78, 5) is 11.8. The lowest BCUT2D eigenvalue weighted by molar-refractivity contribution is -0.129. The van der Waals surface area contributed by atoms with E-state index in [1.165, 1.54) is 0 Å². The minimum atomic E-state index is -0.621. The van der Waals surface area contributed by atoms with Crippen molar-refractivity contribution in [2.24, 2.45) is 11.1 Å². The summed E-state index contributed by atoms with van der Waals surface area (Å²) >= 11 is 0. The summed E-state index contributed by atoms with van der Waals surface area (Å²) < 4.78 is 5.68. The number of nitrogens with two attached hydrogens (primary N) is 1. The molecule has 0 unspecified atom stereocenters. The van der Waals surface area contributed by atoms with Crippen LogP contribution < -0.4 is 11.1 Å². The highest BCUT2D eigenvalue weighted by Crippen LogP contribution is 2.17. The molecule has 0 aliphatic heterocycles. The van der Waals surface area contributed by atoms with Crippen molar-refractivity contribution in [2.45, 2.75) is 72.6 Å². The van der Waals surface area contributed by atoms with E-state index in [4.69, 9.17) is 10.5 Å². The fourth-order valence-corrected chi connectivity index (χ4v) is 1.52. The van der Waals surface area contributed by atoms with Crippen LogP contribution >= 0.6 is 0 Å². The summed E-state index contributed by atoms with van der Waals surface area (Å²) in [5.74, 6) is -0.143. The Bertz CT molecular complexity index is 264. The summed E-state index contributed by atoms with van der Waals surface area (Å²) in [7, 11) is 0. The molecule has 0 heterocycles. The van der Waals surface area contributed by atoms with E-state index in [9.17, 15) is 4.79 Å². The van der Waals surface area contributed by atoms with Gasteiger partial charge in [0, 0.05) is 6.54 Å². The molecule has 108 valence electrons. The molecule has 0 aliphatic rings. The molecule has 4 nitrogen and oxygen atoms in total. The predicted molar refractivity (Wildman–Crippen MR) is 75.4 cm³/mol. The van der Waals surface area contributed by atoms with Crippen molar-refractivity contribution in [3.05, 3.63) is 0 Å². The van der Waals surface area contributed by atoms with Gasteiger partial charge in [-0.25, -0.2) is 0 Å². The number of nitrogens with one attached hydrogen (secondary N) is 1. The van der Waals surface area contributed by atoms with E-state index in [0.29, 0.717) is 6.54 Å². The molecule has 2 atom stereocenters. The Balaban J connectivity index is 4.10. The molecule has 0 aromatic carbocycles. The van der Waals surface area contributed by atoms with E-state index in [2.05, 4.69) is 26.1 Å². The second-order valence-corrected chi connectivity index (χ2v) is 7.06. The molecule has 0 rings (SSSR count). The van der Waals surface area contributed by atoms with E-state index in [1.54, 1.807) is 0 Å². The van der Waals surface area contributed by atoms with Gasteiger partial charge in [-0.3, -0.25) is 4.79 Å². The summed E-state index contributed by atoms with van der Waals surface area (Å²) in [5.41, 5.74) is 5.80. The first-order valence-corrected chi connectivity index (χ1v) is 6.63. The average molecular weight is 258 g/mol. The van der Waals surface area contributed by atoms with E-state index in [1.807, 2.05) is 27.7 Å². The highest BCUT2D eigenvalue weighted by Gasteiger charge is 2.25. The second-order valence-electron chi connectivity index (χ2n) is 7.06. The Morgan fingerprint density at radius 2 is 1.72 bits per heavy atom. The van der Waals surface area contributed by atoms with Crippen LogP contribution in [0.15, 0.2) is 0 Å². The Kier molecular flexibility index (Phi) is 6.30. The number of carbonyl (C=O) groups is 1. The lowest BCUT2D eigenvalue weighted by Crippen LogP contribution is -2.50. The van der Waals surface area contributed by atoms with Gasteiger partial charge in [0.1, 0.15) is 6.04 Å². The molecule has 4 heteroatoms. The minimum absolute atomic E-state index is 0.143. The van der Waals surface area contributed by atoms with Gasteiger partial charge in [0.25, 0.3) is 0 Å². The summed E-state index contributed by atoms with van der Waals surface area (Å²) in [6.07, 6.45) is 0.639. The van der Waals surface area contributed by atoms with E-state index in [-0.39, 0.29) is 23.0 Å². The van der Waals surface area contributed by atoms with Crippen molar-refractivity contribution in [1.29, 1.82) is 0 Å². The van der Waals surface area contributed by atoms with Crippen LogP contribution in [0.5, 0.6) is 0 Å². The SMILES string of the molecule is C[C@@H](OC(C)(C)C)[C@H](N)C(=O)NCCC(C)(C)C. The molecule has 0 aromatic heterocycles. The van der Waals surface area contributed by atoms with Crippen molar-refractivity contribution < 1.29 is 9.53 Å². The fraction of sp³-hybridized carbons (Fsp3) is 0.929. The van der Waals surface area contributed by atoms with Crippen LogP contribution in [-0.4, -0.2) is 30.2 Å². The van der Waals surface area contributed by atoms with Gasteiger partial charge < -0.3 is 15.8 Å². The van der Waals surface area contributed by atoms with Gasteiger partial charge in [-0.15, -0.1) is 0 Å². The zero-order chi connectivity index (χ0) is 14.6. The Morgan fingerprint density at radius 3 is 2.11 bits per heavy atom. The maximum Gasteiger partial charge on any atom is 0.239 e. The van der Waals surface area contributed by atoms with Gasteiger partial charge in [-0.1, -0.05) is 20.8 Å². The molecule has 0 radical (unpaired) electrons. The zero-order valence-corrected chi connectivity index (χ0v) is 13.0. The van der Waals surface area contributed by atoms with Crippen molar-refractivity contribution in [3.8, 4) is 0 Å². The minimum Gasteiger partial charge on any atom is -0.371 e. The molecule has 0 bridgehead atoms. The molecule has 0 saturated carbocycles. The monoisotopic (exact) mass is 258 g/mol. The number of hydrogen-bond acceptors (Lipinski definition) is 3. The van der Waals surface area contributed by atoms with E-state index < -0.39 is 6.04 Å². The molecule has 0 spiro atoms. The number of hydrogen-bond donors (Lipinski definition) is 2. The van der Waals surface area contributed by atoms with Crippen LogP contribution in [0.3, 0.4) is 0 Å². The molecule has 0 fully saturated rings. The average Bonchev–Trinajstić information content (AvgIpc) is 2.11. The summed E-state index contributed by atoms with van der Waals surface area (Å²) in [6.45, 7) is 14.8. The third-order valence-corrected chi connectivity index (χ3v) is 2.52. The maximum atomic E-state index is 11.8. The van der Waals surface area contributed by atoms with Crippen molar-refractivity contribution in [3.63, 3.8) is 0 Å². The van der Waals surface area contributed by atoms with Crippen LogP contribution in [0, 0.1) is 5.41 Å². The summed E-state index contributed by atoms with van der Waals surface area (Å²) in [5, 5.41) is 2.86. The molecule has 0 aliphatic carbocycles. The first-order chi connectivity index (χ1) is 7.92. The Hall–Kier alpha value is -0.610. The zero-order valence-electron chi connectivity index (χ0n) is 13.0. The lowest BCUT2D eigenvalue weighted by atomic mass is 9.92. The van der Waals surface area contributed by atoms with Crippen LogP contribution in [0.2, 0.25) is 0 Å². The highest BCUT2D eigenvalue weighted by molar-refractivity contribution is 5.82.